The van der Waals surface area contributed by atoms with Crippen LogP contribution in [0.5, 0.6) is 0 Å². The molecule has 3 nitrogen and oxygen atoms in total. The third-order valence-corrected chi connectivity index (χ3v) is 5.67. The molecule has 3 heterocycles. The zero-order chi connectivity index (χ0) is 16.3. The number of nitrogens with zero attached hydrogens (tertiary/aromatic N) is 3. The zero-order valence-electron chi connectivity index (χ0n) is 13.7. The zero-order valence-corrected chi connectivity index (χ0v) is 14.5. The Morgan fingerprint density at radius 2 is 1.92 bits per heavy atom. The van der Waals surface area contributed by atoms with Gasteiger partial charge in [0.2, 0.25) is 0 Å². The van der Waals surface area contributed by atoms with Crippen molar-refractivity contribution in [1.29, 1.82) is 0 Å². The molecule has 2 aliphatic rings. The molecule has 0 unspecified atom stereocenters. The highest BCUT2D eigenvalue weighted by Gasteiger charge is 2.37. The highest BCUT2D eigenvalue weighted by Crippen LogP contribution is 2.40. The Bertz CT molecular complexity index is 909. The van der Waals surface area contributed by atoms with E-state index in [1.54, 1.807) is 0 Å². The van der Waals surface area contributed by atoms with E-state index in [9.17, 15) is 0 Å². The maximum Gasteiger partial charge on any atom is 0.0962 e. The molecule has 1 atom stereocenters. The average molecular weight is 338 g/mol. The van der Waals surface area contributed by atoms with Crippen LogP contribution >= 0.6 is 11.6 Å². The Kier molecular flexibility index (Phi) is 3.22. The fourth-order valence-corrected chi connectivity index (χ4v) is 4.24. The molecule has 4 heteroatoms. The Morgan fingerprint density at radius 3 is 2.67 bits per heavy atom. The molecule has 1 fully saturated rings. The van der Waals surface area contributed by atoms with E-state index in [0.717, 1.165) is 29.7 Å². The van der Waals surface area contributed by atoms with Crippen LogP contribution in [-0.4, -0.2) is 26.5 Å². The summed E-state index contributed by atoms with van der Waals surface area (Å²) in [4.78, 5) is 7.40. The fourth-order valence-electron chi connectivity index (χ4n) is 4.11. The first kappa shape index (κ1) is 14.5. The summed E-state index contributed by atoms with van der Waals surface area (Å²) in [5, 5.41) is 0.775. The molecule has 5 rings (SSSR count). The van der Waals surface area contributed by atoms with Crippen LogP contribution in [0.15, 0.2) is 42.6 Å². The van der Waals surface area contributed by atoms with Gasteiger partial charge in [0, 0.05) is 47.7 Å². The van der Waals surface area contributed by atoms with Crippen LogP contribution in [0.25, 0.3) is 22.2 Å². The van der Waals surface area contributed by atoms with E-state index in [2.05, 4.69) is 34.6 Å². The number of hydrogen-bond donors (Lipinski definition) is 0. The van der Waals surface area contributed by atoms with E-state index in [0.29, 0.717) is 6.04 Å². The molecule has 3 aromatic rings. The molecule has 0 amide bonds. The molecule has 1 aliphatic heterocycles. The van der Waals surface area contributed by atoms with Crippen molar-refractivity contribution in [3.05, 3.63) is 53.3 Å². The molecule has 24 heavy (non-hydrogen) atoms. The van der Waals surface area contributed by atoms with Crippen LogP contribution in [0.4, 0.5) is 0 Å². The van der Waals surface area contributed by atoms with Crippen molar-refractivity contribution in [2.24, 2.45) is 0 Å². The Labute approximate surface area is 146 Å². The Morgan fingerprint density at radius 1 is 1.12 bits per heavy atom. The molecule has 1 aromatic carbocycles. The second kappa shape index (κ2) is 5.33. The van der Waals surface area contributed by atoms with Crippen LogP contribution < -0.4 is 0 Å². The molecule has 0 radical (unpaired) electrons. The number of pyridine rings is 1. The highest BCUT2D eigenvalue weighted by atomic mass is 35.5. The van der Waals surface area contributed by atoms with Crippen LogP contribution in [-0.2, 0) is 13.1 Å². The van der Waals surface area contributed by atoms with Gasteiger partial charge >= 0.3 is 0 Å². The number of fused-ring (bicyclic) bond motifs is 3. The minimum Gasteiger partial charge on any atom is -0.340 e. The molecular weight excluding hydrogens is 318 g/mol. The summed E-state index contributed by atoms with van der Waals surface area (Å²) in [7, 11) is 0. The molecule has 2 aromatic heterocycles. The van der Waals surface area contributed by atoms with E-state index in [1.807, 2.05) is 24.4 Å². The van der Waals surface area contributed by atoms with Crippen molar-refractivity contribution in [3.8, 4) is 11.1 Å². The Hall–Kier alpha value is -1.84. The number of halogens is 1. The van der Waals surface area contributed by atoms with E-state index < -0.39 is 0 Å². The third-order valence-electron chi connectivity index (χ3n) is 5.42. The maximum atomic E-state index is 6.10. The molecule has 122 valence electrons. The normalized spacial score (nSPS) is 21.2. The predicted molar refractivity (Wildman–Crippen MR) is 98.2 cm³/mol. The lowest BCUT2D eigenvalue weighted by Gasteiger charge is -2.35. The second-order valence-corrected chi connectivity index (χ2v) is 7.50. The topological polar surface area (TPSA) is 21.1 Å². The summed E-state index contributed by atoms with van der Waals surface area (Å²) in [5.74, 6) is 0. The maximum absolute atomic E-state index is 6.10. The van der Waals surface area contributed by atoms with E-state index in [4.69, 9.17) is 16.6 Å². The van der Waals surface area contributed by atoms with Gasteiger partial charge in [0.25, 0.3) is 0 Å². The SMILES string of the molecule is C[C@H]1Cn2c(c(-c3ccc(Cl)cc3)c3ncccc32)CN1C1CC1. The molecule has 0 N–H and O–H groups in total. The smallest absolute Gasteiger partial charge is 0.0962 e. The number of benzene rings is 1. The standard InChI is InChI=1S/C20H20ClN3/c1-13-11-24-17-3-2-10-22-20(17)19(14-4-6-15(21)7-5-14)18(24)12-23(13)16-8-9-16/h2-7,10,13,16H,8-9,11-12H2,1H3/t13-/m0/s1. The first-order chi connectivity index (χ1) is 11.7. The monoisotopic (exact) mass is 337 g/mol. The Balaban J connectivity index is 1.74. The average Bonchev–Trinajstić information content (AvgIpc) is 3.39. The van der Waals surface area contributed by atoms with Crippen molar-refractivity contribution in [2.45, 2.75) is 44.9 Å². The first-order valence-corrected chi connectivity index (χ1v) is 9.08. The van der Waals surface area contributed by atoms with Crippen LogP contribution in [0, 0.1) is 0 Å². The minimum absolute atomic E-state index is 0.582. The molecular formula is C20H20ClN3. The molecule has 0 saturated heterocycles. The number of hydrogen-bond acceptors (Lipinski definition) is 2. The third kappa shape index (κ3) is 2.19. The van der Waals surface area contributed by atoms with Gasteiger partial charge in [-0.3, -0.25) is 9.88 Å². The van der Waals surface area contributed by atoms with E-state index >= 15 is 0 Å². The fraction of sp³-hybridized carbons (Fsp3) is 0.350. The lowest BCUT2D eigenvalue weighted by molar-refractivity contribution is 0.145. The predicted octanol–water partition coefficient (Wildman–Crippen LogP) is 4.72. The second-order valence-electron chi connectivity index (χ2n) is 7.06. The summed E-state index contributed by atoms with van der Waals surface area (Å²) in [6.07, 6.45) is 4.59. The number of aromatic nitrogens is 2. The van der Waals surface area contributed by atoms with Crippen molar-refractivity contribution in [1.82, 2.24) is 14.5 Å². The molecule has 0 bridgehead atoms. The summed E-state index contributed by atoms with van der Waals surface area (Å²) >= 11 is 6.10. The van der Waals surface area contributed by atoms with Gasteiger partial charge in [-0.25, -0.2) is 0 Å². The highest BCUT2D eigenvalue weighted by molar-refractivity contribution is 6.30. The van der Waals surface area contributed by atoms with Gasteiger partial charge in [-0.05, 0) is 49.6 Å². The van der Waals surface area contributed by atoms with E-state index in [1.165, 1.54) is 35.2 Å². The lowest BCUT2D eigenvalue weighted by atomic mass is 10.0. The molecule has 0 spiro atoms. The van der Waals surface area contributed by atoms with Crippen LogP contribution in [0.2, 0.25) is 5.02 Å². The van der Waals surface area contributed by atoms with Crippen LogP contribution in [0.1, 0.15) is 25.5 Å². The molecule has 1 saturated carbocycles. The van der Waals surface area contributed by atoms with Gasteiger partial charge in [0.05, 0.1) is 11.0 Å². The quantitative estimate of drug-likeness (QED) is 0.674. The molecule has 1 aliphatic carbocycles. The summed E-state index contributed by atoms with van der Waals surface area (Å²) in [6, 6.07) is 13.8. The first-order valence-electron chi connectivity index (χ1n) is 8.70. The van der Waals surface area contributed by atoms with Gasteiger partial charge in [-0.1, -0.05) is 23.7 Å². The summed E-state index contributed by atoms with van der Waals surface area (Å²) in [5.41, 5.74) is 6.25. The summed E-state index contributed by atoms with van der Waals surface area (Å²) < 4.78 is 2.48. The minimum atomic E-state index is 0.582. The van der Waals surface area contributed by atoms with Gasteiger partial charge < -0.3 is 4.57 Å². The van der Waals surface area contributed by atoms with Gasteiger partial charge in [-0.15, -0.1) is 0 Å². The lowest BCUT2D eigenvalue weighted by Crippen LogP contribution is -2.42. The van der Waals surface area contributed by atoms with Crippen molar-refractivity contribution in [3.63, 3.8) is 0 Å². The van der Waals surface area contributed by atoms with Crippen molar-refractivity contribution < 1.29 is 0 Å². The van der Waals surface area contributed by atoms with Crippen molar-refractivity contribution >= 4 is 22.6 Å². The van der Waals surface area contributed by atoms with Crippen LogP contribution in [0.3, 0.4) is 0 Å². The van der Waals surface area contributed by atoms with Crippen molar-refractivity contribution in [2.75, 3.05) is 0 Å². The van der Waals surface area contributed by atoms with Gasteiger partial charge in [-0.2, -0.15) is 0 Å². The van der Waals surface area contributed by atoms with E-state index in [-0.39, 0.29) is 0 Å². The van der Waals surface area contributed by atoms with Gasteiger partial charge in [0.15, 0.2) is 0 Å². The van der Waals surface area contributed by atoms with Gasteiger partial charge in [0.1, 0.15) is 0 Å². The number of rotatable bonds is 2. The summed E-state index contributed by atoms with van der Waals surface area (Å²) in [6.45, 7) is 4.41. The largest absolute Gasteiger partial charge is 0.340 e.